The predicted molar refractivity (Wildman–Crippen MR) is 147 cm³/mol. The average molecular weight is 535 g/mol. The van der Waals surface area contributed by atoms with Crippen molar-refractivity contribution in [1.29, 1.82) is 0 Å². The number of methoxy groups -OCH3 is 1. The van der Waals surface area contributed by atoms with Crippen molar-refractivity contribution in [2.45, 2.75) is 6.92 Å². The van der Waals surface area contributed by atoms with Crippen molar-refractivity contribution in [3.05, 3.63) is 76.7 Å². The number of nitrogens with one attached hydrogen (secondary N) is 1. The van der Waals surface area contributed by atoms with Gasteiger partial charge in [0.2, 0.25) is 6.79 Å². The Balaban J connectivity index is 1.27. The van der Waals surface area contributed by atoms with Crippen LogP contribution < -0.4 is 29.2 Å². The van der Waals surface area contributed by atoms with E-state index < -0.39 is 0 Å². The van der Waals surface area contributed by atoms with E-state index in [0.29, 0.717) is 43.6 Å². The van der Waals surface area contributed by atoms with Gasteiger partial charge in [-0.15, -0.1) is 0 Å². The molecule has 188 valence electrons. The number of anilines is 2. The van der Waals surface area contributed by atoms with Gasteiger partial charge in [0, 0.05) is 11.8 Å². The van der Waals surface area contributed by atoms with Crippen LogP contribution in [0.5, 0.6) is 23.0 Å². The number of thioether (sulfide) groups is 1. The van der Waals surface area contributed by atoms with Crippen LogP contribution in [0.15, 0.2) is 65.6 Å². The molecule has 2 heterocycles. The molecule has 3 aromatic carbocycles. The number of hydrogen-bond donors (Lipinski definition) is 1. The Labute approximate surface area is 223 Å². The van der Waals surface area contributed by atoms with Gasteiger partial charge in [0.15, 0.2) is 33.9 Å². The van der Waals surface area contributed by atoms with E-state index in [1.165, 1.54) is 23.8 Å². The molecule has 0 radical (unpaired) electrons. The highest BCUT2D eigenvalue weighted by molar-refractivity contribution is 8.27. The molecule has 8 nitrogen and oxygen atoms in total. The van der Waals surface area contributed by atoms with Crippen LogP contribution in [-0.2, 0) is 9.59 Å². The van der Waals surface area contributed by atoms with Gasteiger partial charge in [0.25, 0.3) is 11.8 Å². The lowest BCUT2D eigenvalue weighted by Crippen LogP contribution is -2.27. The summed E-state index contributed by atoms with van der Waals surface area (Å²) >= 11 is 6.68. The molecule has 1 N–H and O–H groups in total. The van der Waals surface area contributed by atoms with Crippen molar-refractivity contribution in [3.63, 3.8) is 0 Å². The Kier molecular flexibility index (Phi) is 7.02. The minimum atomic E-state index is -0.290. The molecule has 1 fully saturated rings. The van der Waals surface area contributed by atoms with E-state index in [-0.39, 0.29) is 25.2 Å². The summed E-state index contributed by atoms with van der Waals surface area (Å²) in [6.45, 7) is 1.94. The standard InChI is InChI=1S/C27H22N2O6S2/c1-16-3-6-18(7-4-16)28-25(30)14-33-20-9-5-17(11-22(20)32-2)12-24-26(31)29(27(36)37-24)19-8-10-21-23(13-19)35-15-34-21/h3-13H,14-15H2,1-2H3,(H,28,30). The van der Waals surface area contributed by atoms with Crippen molar-refractivity contribution >= 4 is 57.6 Å². The summed E-state index contributed by atoms with van der Waals surface area (Å²) in [6.07, 6.45) is 1.74. The van der Waals surface area contributed by atoms with Crippen LogP contribution in [0.3, 0.4) is 0 Å². The molecule has 1 saturated heterocycles. The second-order valence-electron chi connectivity index (χ2n) is 8.17. The zero-order valence-electron chi connectivity index (χ0n) is 20.0. The molecule has 0 atom stereocenters. The van der Waals surface area contributed by atoms with Crippen molar-refractivity contribution in [2.75, 3.05) is 30.7 Å². The largest absolute Gasteiger partial charge is 0.493 e. The number of ether oxygens (including phenoxy) is 4. The van der Waals surface area contributed by atoms with Gasteiger partial charge in [-0.25, -0.2) is 0 Å². The van der Waals surface area contributed by atoms with E-state index in [0.717, 1.165) is 11.1 Å². The third-order valence-electron chi connectivity index (χ3n) is 5.59. The number of rotatable bonds is 7. The van der Waals surface area contributed by atoms with Gasteiger partial charge in [-0.1, -0.05) is 47.7 Å². The average Bonchev–Trinajstić information content (AvgIpc) is 3.47. The molecule has 2 aliphatic heterocycles. The summed E-state index contributed by atoms with van der Waals surface area (Å²) in [4.78, 5) is 27.4. The summed E-state index contributed by atoms with van der Waals surface area (Å²) in [5.74, 6) is 1.52. The molecule has 2 amide bonds. The van der Waals surface area contributed by atoms with Gasteiger partial charge < -0.3 is 24.3 Å². The van der Waals surface area contributed by atoms with E-state index in [2.05, 4.69) is 5.32 Å². The minimum absolute atomic E-state index is 0.149. The summed E-state index contributed by atoms with van der Waals surface area (Å²) in [7, 11) is 1.51. The molecule has 0 aliphatic carbocycles. The number of thiocarbonyl (C=S) groups is 1. The first-order valence-electron chi connectivity index (χ1n) is 11.3. The lowest BCUT2D eigenvalue weighted by Gasteiger charge is -2.14. The first-order valence-corrected chi connectivity index (χ1v) is 12.5. The van der Waals surface area contributed by atoms with Crippen LogP contribution in [0.25, 0.3) is 6.08 Å². The van der Waals surface area contributed by atoms with Crippen LogP contribution in [0.4, 0.5) is 11.4 Å². The summed E-state index contributed by atoms with van der Waals surface area (Å²) in [6, 6.07) is 18.0. The fourth-order valence-corrected chi connectivity index (χ4v) is 5.04. The molecule has 0 saturated carbocycles. The van der Waals surface area contributed by atoms with Gasteiger partial charge in [0.1, 0.15) is 0 Å². The third kappa shape index (κ3) is 5.40. The third-order valence-corrected chi connectivity index (χ3v) is 6.89. The number of nitrogens with zero attached hydrogens (tertiary/aromatic N) is 1. The van der Waals surface area contributed by atoms with Gasteiger partial charge in [-0.05, 0) is 55.0 Å². The Morgan fingerprint density at radius 2 is 1.86 bits per heavy atom. The number of carbonyl (C=O) groups excluding carboxylic acids is 2. The monoisotopic (exact) mass is 534 g/mol. The molecular weight excluding hydrogens is 512 g/mol. The molecule has 5 rings (SSSR count). The lowest BCUT2D eigenvalue weighted by atomic mass is 10.1. The molecule has 2 aliphatic rings. The molecule has 0 aromatic heterocycles. The van der Waals surface area contributed by atoms with Gasteiger partial charge >= 0.3 is 0 Å². The molecule has 0 unspecified atom stereocenters. The Morgan fingerprint density at radius 3 is 2.65 bits per heavy atom. The lowest BCUT2D eigenvalue weighted by molar-refractivity contribution is -0.118. The second kappa shape index (κ2) is 10.5. The number of amides is 2. The van der Waals surface area contributed by atoms with E-state index in [9.17, 15) is 9.59 Å². The molecule has 0 bridgehead atoms. The normalized spacial score (nSPS) is 15.3. The number of benzene rings is 3. The van der Waals surface area contributed by atoms with Crippen molar-refractivity contribution in [2.24, 2.45) is 0 Å². The van der Waals surface area contributed by atoms with E-state index >= 15 is 0 Å². The van der Waals surface area contributed by atoms with E-state index in [1.54, 1.807) is 42.5 Å². The minimum Gasteiger partial charge on any atom is -0.493 e. The second-order valence-corrected chi connectivity index (χ2v) is 9.84. The van der Waals surface area contributed by atoms with E-state index in [1.807, 2.05) is 31.2 Å². The van der Waals surface area contributed by atoms with Crippen LogP contribution in [0.2, 0.25) is 0 Å². The zero-order valence-corrected chi connectivity index (χ0v) is 21.6. The Bertz CT molecular complexity index is 1420. The Morgan fingerprint density at radius 1 is 1.08 bits per heavy atom. The topological polar surface area (TPSA) is 86.3 Å². The number of carbonyl (C=O) groups is 2. The number of hydrogen-bond acceptors (Lipinski definition) is 8. The smallest absolute Gasteiger partial charge is 0.270 e. The predicted octanol–water partition coefficient (Wildman–Crippen LogP) is 5.16. The highest BCUT2D eigenvalue weighted by Crippen LogP contribution is 2.41. The fraction of sp³-hybridized carbons (Fsp3) is 0.148. The van der Waals surface area contributed by atoms with E-state index in [4.69, 9.17) is 31.2 Å². The van der Waals surface area contributed by atoms with Crippen molar-refractivity contribution < 1.29 is 28.5 Å². The summed E-state index contributed by atoms with van der Waals surface area (Å²) in [5, 5.41) is 2.79. The van der Waals surface area contributed by atoms with Crippen LogP contribution in [0.1, 0.15) is 11.1 Å². The van der Waals surface area contributed by atoms with Crippen molar-refractivity contribution in [3.8, 4) is 23.0 Å². The maximum absolute atomic E-state index is 13.2. The zero-order chi connectivity index (χ0) is 25.9. The molecule has 3 aromatic rings. The first-order chi connectivity index (χ1) is 17.9. The summed E-state index contributed by atoms with van der Waals surface area (Å²) < 4.78 is 22.3. The van der Waals surface area contributed by atoms with Gasteiger partial charge in [-0.3, -0.25) is 14.5 Å². The quantitative estimate of drug-likeness (QED) is 0.329. The van der Waals surface area contributed by atoms with Crippen LogP contribution >= 0.6 is 24.0 Å². The molecule has 37 heavy (non-hydrogen) atoms. The molecular formula is C27H22N2O6S2. The Hall–Kier alpha value is -4.02. The maximum atomic E-state index is 13.2. The molecule has 0 spiro atoms. The fourth-order valence-electron chi connectivity index (χ4n) is 3.74. The van der Waals surface area contributed by atoms with Gasteiger partial charge in [-0.2, -0.15) is 0 Å². The summed E-state index contributed by atoms with van der Waals surface area (Å²) in [5.41, 5.74) is 3.13. The highest BCUT2D eigenvalue weighted by Gasteiger charge is 2.34. The maximum Gasteiger partial charge on any atom is 0.270 e. The first kappa shape index (κ1) is 24.7. The highest BCUT2D eigenvalue weighted by atomic mass is 32.2. The van der Waals surface area contributed by atoms with Crippen LogP contribution in [0, 0.1) is 6.92 Å². The van der Waals surface area contributed by atoms with Crippen LogP contribution in [-0.4, -0.2) is 36.6 Å². The SMILES string of the molecule is COc1cc(C=C2SC(=S)N(c3ccc4c(c3)OCO4)C2=O)ccc1OCC(=O)Nc1ccc(C)cc1. The van der Waals surface area contributed by atoms with Crippen molar-refractivity contribution in [1.82, 2.24) is 0 Å². The number of fused-ring (bicyclic) bond motifs is 1. The molecule has 10 heteroatoms. The van der Waals surface area contributed by atoms with Gasteiger partial charge in [0.05, 0.1) is 17.7 Å². The number of aryl methyl sites for hydroxylation is 1.